The molecular weight excluding hydrogens is 765 g/mol. The summed E-state index contributed by atoms with van der Waals surface area (Å²) in [5.41, 5.74) is 21.3. The molecule has 17 nitrogen and oxygen atoms in total. The molecule has 0 saturated heterocycles. The number of amides is 2. The van der Waals surface area contributed by atoms with E-state index in [2.05, 4.69) is 15.9 Å². The van der Waals surface area contributed by atoms with Crippen LogP contribution in [0.1, 0.15) is 52.4 Å². The predicted molar refractivity (Wildman–Crippen MR) is 228 cm³/mol. The number of fused-ring (bicyclic) bond motifs is 6. The van der Waals surface area contributed by atoms with Crippen molar-refractivity contribution in [3.05, 3.63) is 83.1 Å². The number of nitrogens with two attached hydrogens (primary N) is 2. The Labute approximate surface area is 343 Å². The second-order valence-corrected chi connectivity index (χ2v) is 14.2. The van der Waals surface area contributed by atoms with E-state index in [0.717, 1.165) is 22.8 Å². The van der Waals surface area contributed by atoms with Crippen LogP contribution in [0.4, 0.5) is 0 Å². The number of carbonyl (C=O) groups is 2. The van der Waals surface area contributed by atoms with Gasteiger partial charge in [0, 0.05) is 78.3 Å². The molecule has 0 atom stereocenters. The van der Waals surface area contributed by atoms with Gasteiger partial charge in [0.2, 0.25) is 11.8 Å². The molecule has 0 spiro atoms. The minimum absolute atomic E-state index is 0.276. The van der Waals surface area contributed by atoms with Gasteiger partial charge in [0.05, 0.1) is 48.9 Å². The fraction of sp³-hybridized carbons (Fsp3) is 0.279. The molecule has 6 aromatic heterocycles. The zero-order valence-corrected chi connectivity index (χ0v) is 34.2. The van der Waals surface area contributed by atoms with Gasteiger partial charge in [-0.1, -0.05) is 0 Å². The summed E-state index contributed by atoms with van der Waals surface area (Å²) in [7, 11) is 3.17. The Balaban J connectivity index is 1.33. The number of methoxy groups -OCH3 is 2. The molecule has 0 saturated carbocycles. The van der Waals surface area contributed by atoms with E-state index in [9.17, 15) is 9.59 Å². The van der Waals surface area contributed by atoms with E-state index in [-0.39, 0.29) is 12.1 Å². The molecule has 2 aromatic carbocycles. The van der Waals surface area contributed by atoms with Crippen molar-refractivity contribution < 1.29 is 23.8 Å². The molecule has 0 aliphatic rings. The predicted octanol–water partition coefficient (Wildman–Crippen LogP) is 5.81. The van der Waals surface area contributed by atoms with Crippen molar-refractivity contribution in [2.45, 2.75) is 53.8 Å². The quantitative estimate of drug-likeness (QED) is 0.0932. The number of hydrogen-bond donors (Lipinski definition) is 2. The Hall–Kier alpha value is -7.36. The standard InChI is InChI=1S/C43H44N12O5/c1-7-54-32(16-24(3)50-54)40-46-22-30-28-18-26(38(44)56)20-34(59-6)36(28)52(42(30)48-40)12-9-10-13-53-37-29(19-27(39(45)57)21-35(37)60-15-11-14-58-5)31-23-47-41(49-43(31)53)33-17-25(4)51-55(33)8-2/h10,12,16-23H,7-8,11,13-15H2,1-6H3,(H2,44,56)(H2,45,57). The largest absolute Gasteiger partial charge is 0.495 e. The summed E-state index contributed by atoms with van der Waals surface area (Å²) in [6.07, 6.45) is 7.74. The summed E-state index contributed by atoms with van der Waals surface area (Å²) in [5, 5.41) is 12.0. The second-order valence-electron chi connectivity index (χ2n) is 14.2. The number of aryl methyl sites for hydroxylation is 4. The van der Waals surface area contributed by atoms with Gasteiger partial charge in [0.25, 0.3) is 0 Å². The molecule has 8 aromatic rings. The molecule has 2 amide bonds. The van der Waals surface area contributed by atoms with Crippen LogP contribution in [-0.4, -0.2) is 87.9 Å². The molecule has 0 aliphatic heterocycles. The SMILES string of the molecule is CCn1nc(C)cc1-c1ncc2c3cc(C(N)=O)cc(OC)c3n(C=C=CCn3c4nc(-c5cc(C)nn5CC)ncc4c4cc(C(N)=O)cc(OCCCOC)c43)c2n1. The van der Waals surface area contributed by atoms with Crippen LogP contribution in [0.3, 0.4) is 0 Å². The van der Waals surface area contributed by atoms with Gasteiger partial charge in [-0.15, -0.1) is 5.73 Å². The van der Waals surface area contributed by atoms with Gasteiger partial charge in [-0.2, -0.15) is 10.2 Å². The molecule has 0 unspecified atom stereocenters. The zero-order chi connectivity index (χ0) is 42.2. The molecule has 0 radical (unpaired) electrons. The molecule has 60 heavy (non-hydrogen) atoms. The van der Waals surface area contributed by atoms with E-state index in [4.69, 9.17) is 45.6 Å². The molecule has 17 heteroatoms. The first-order valence-electron chi connectivity index (χ1n) is 19.5. The normalized spacial score (nSPS) is 11.5. The average Bonchev–Trinajstić information content (AvgIpc) is 4.00. The summed E-state index contributed by atoms with van der Waals surface area (Å²) in [5.74, 6) is 0.675. The number of ether oxygens (including phenoxy) is 3. The van der Waals surface area contributed by atoms with Crippen molar-refractivity contribution >= 4 is 61.9 Å². The molecular formula is C43H44N12O5. The van der Waals surface area contributed by atoms with Gasteiger partial charge < -0.3 is 30.2 Å². The van der Waals surface area contributed by atoms with Crippen molar-refractivity contribution in [1.82, 2.24) is 48.6 Å². The van der Waals surface area contributed by atoms with Crippen molar-refractivity contribution in [3.63, 3.8) is 0 Å². The van der Waals surface area contributed by atoms with Gasteiger partial charge in [-0.3, -0.25) is 23.5 Å². The third-order valence-corrected chi connectivity index (χ3v) is 10.3. The van der Waals surface area contributed by atoms with Crippen molar-refractivity contribution in [2.75, 3.05) is 27.4 Å². The summed E-state index contributed by atoms with van der Waals surface area (Å²) in [4.78, 5) is 44.6. The minimum Gasteiger partial charge on any atom is -0.495 e. The Kier molecular flexibility index (Phi) is 10.6. The van der Waals surface area contributed by atoms with Crippen LogP contribution < -0.4 is 20.9 Å². The van der Waals surface area contributed by atoms with Gasteiger partial charge in [0.1, 0.15) is 34.2 Å². The Morgan fingerprint density at radius 1 is 0.733 bits per heavy atom. The molecule has 0 aliphatic carbocycles. The van der Waals surface area contributed by atoms with Crippen molar-refractivity contribution in [3.8, 4) is 34.5 Å². The summed E-state index contributed by atoms with van der Waals surface area (Å²) >= 11 is 0. The number of benzene rings is 2. The highest BCUT2D eigenvalue weighted by Gasteiger charge is 2.23. The highest BCUT2D eigenvalue weighted by molar-refractivity contribution is 6.13. The Morgan fingerprint density at radius 3 is 1.87 bits per heavy atom. The average molecular weight is 809 g/mol. The number of carbonyl (C=O) groups excluding carboxylic acids is 2. The first-order chi connectivity index (χ1) is 29.0. The van der Waals surface area contributed by atoms with Crippen molar-refractivity contribution in [1.29, 1.82) is 0 Å². The number of primary amides is 2. The van der Waals surface area contributed by atoms with Crippen molar-refractivity contribution in [2.24, 2.45) is 11.5 Å². The second kappa shape index (κ2) is 16.1. The van der Waals surface area contributed by atoms with Crippen LogP contribution in [0.15, 0.2) is 60.6 Å². The molecule has 4 N–H and O–H groups in total. The molecule has 0 fully saturated rings. The van der Waals surface area contributed by atoms with Crippen LogP contribution in [0.2, 0.25) is 0 Å². The highest BCUT2D eigenvalue weighted by Crippen LogP contribution is 2.38. The first-order valence-corrected chi connectivity index (χ1v) is 19.5. The number of nitrogens with zero attached hydrogens (tertiary/aromatic N) is 10. The maximum absolute atomic E-state index is 12.6. The summed E-state index contributed by atoms with van der Waals surface area (Å²) in [6.45, 7) is 10.3. The number of allylic oxidation sites excluding steroid dienone is 1. The summed E-state index contributed by atoms with van der Waals surface area (Å²) < 4.78 is 25.0. The smallest absolute Gasteiger partial charge is 0.248 e. The number of rotatable bonds is 15. The van der Waals surface area contributed by atoms with Gasteiger partial charge in [-0.25, -0.2) is 19.9 Å². The van der Waals surface area contributed by atoms with Gasteiger partial charge >= 0.3 is 0 Å². The van der Waals surface area contributed by atoms with Crippen LogP contribution in [0.5, 0.6) is 11.5 Å². The maximum Gasteiger partial charge on any atom is 0.248 e. The van der Waals surface area contributed by atoms with E-state index in [0.29, 0.717) is 105 Å². The third kappa shape index (κ3) is 6.99. The lowest BCUT2D eigenvalue weighted by molar-refractivity contribution is 0.0991. The van der Waals surface area contributed by atoms with Crippen LogP contribution in [0, 0.1) is 13.8 Å². The molecule has 8 rings (SSSR count). The fourth-order valence-electron chi connectivity index (χ4n) is 7.57. The lowest BCUT2D eigenvalue weighted by atomic mass is 10.1. The molecule has 6 heterocycles. The summed E-state index contributed by atoms with van der Waals surface area (Å²) in [6, 6.07) is 10.6. The highest BCUT2D eigenvalue weighted by atomic mass is 16.5. The van der Waals surface area contributed by atoms with E-state index < -0.39 is 11.8 Å². The number of aromatic nitrogens is 10. The first kappa shape index (κ1) is 39.5. The minimum atomic E-state index is -0.594. The lowest BCUT2D eigenvalue weighted by Gasteiger charge is -2.12. The van der Waals surface area contributed by atoms with Crippen LogP contribution in [0.25, 0.3) is 73.1 Å². The zero-order valence-electron chi connectivity index (χ0n) is 34.2. The van der Waals surface area contributed by atoms with E-state index in [1.165, 1.54) is 7.11 Å². The monoisotopic (exact) mass is 808 g/mol. The van der Waals surface area contributed by atoms with Gasteiger partial charge in [0.15, 0.2) is 11.6 Å². The van der Waals surface area contributed by atoms with E-state index >= 15 is 0 Å². The lowest BCUT2D eigenvalue weighted by Crippen LogP contribution is -2.12. The molecule has 0 bridgehead atoms. The van der Waals surface area contributed by atoms with Gasteiger partial charge in [-0.05, 0) is 70.2 Å². The van der Waals surface area contributed by atoms with Crippen LogP contribution >= 0.6 is 0 Å². The van der Waals surface area contributed by atoms with E-state index in [1.54, 1.807) is 50.0 Å². The third-order valence-electron chi connectivity index (χ3n) is 10.3. The number of hydrogen-bond acceptors (Lipinski definition) is 11. The molecule has 306 valence electrons. The fourth-order valence-corrected chi connectivity index (χ4v) is 7.57. The maximum atomic E-state index is 12.6. The van der Waals surface area contributed by atoms with Crippen LogP contribution in [-0.2, 0) is 24.4 Å². The topological polar surface area (TPSA) is 211 Å². The Bertz CT molecular complexity index is 3050. The Morgan fingerprint density at radius 2 is 1.30 bits per heavy atom. The van der Waals surface area contributed by atoms with E-state index in [1.807, 2.05) is 64.4 Å².